The second kappa shape index (κ2) is 8.09. The number of ether oxygens (including phenoxy) is 3. The van der Waals surface area contributed by atoms with E-state index in [1.165, 1.54) is 6.07 Å². The van der Waals surface area contributed by atoms with Crippen molar-refractivity contribution in [3.05, 3.63) is 23.8 Å². The van der Waals surface area contributed by atoms with E-state index < -0.39 is 25.5 Å². The van der Waals surface area contributed by atoms with Crippen molar-refractivity contribution in [2.24, 2.45) is 0 Å². The van der Waals surface area contributed by atoms with E-state index >= 15 is 0 Å². The first-order chi connectivity index (χ1) is 9.87. The molecule has 0 aromatic heterocycles. The highest BCUT2D eigenvalue weighted by molar-refractivity contribution is 5.43. The van der Waals surface area contributed by atoms with Crippen molar-refractivity contribution < 1.29 is 32.5 Å². The van der Waals surface area contributed by atoms with Gasteiger partial charge in [0.2, 0.25) is 0 Å². The average Bonchev–Trinajstić information content (AvgIpc) is 2.39. The fourth-order valence-corrected chi connectivity index (χ4v) is 1.66. The van der Waals surface area contributed by atoms with Crippen LogP contribution in [0.15, 0.2) is 18.2 Å². The van der Waals surface area contributed by atoms with Gasteiger partial charge in [-0.1, -0.05) is 6.07 Å². The third-order valence-corrected chi connectivity index (χ3v) is 2.49. The van der Waals surface area contributed by atoms with E-state index in [-0.39, 0.29) is 0 Å². The molecule has 0 radical (unpaired) electrons. The lowest BCUT2D eigenvalue weighted by Crippen LogP contribution is -2.19. The second-order valence-electron chi connectivity index (χ2n) is 4.22. The van der Waals surface area contributed by atoms with Crippen LogP contribution in [0.3, 0.4) is 0 Å². The van der Waals surface area contributed by atoms with E-state index in [0.717, 1.165) is 0 Å². The molecular formula is C14H19F3O4. The number of alkyl halides is 3. The summed E-state index contributed by atoms with van der Waals surface area (Å²) >= 11 is 0. The zero-order valence-corrected chi connectivity index (χ0v) is 11.9. The van der Waals surface area contributed by atoms with Crippen LogP contribution in [-0.4, -0.2) is 37.7 Å². The normalized spacial score (nSPS) is 13.0. The highest BCUT2D eigenvalue weighted by Crippen LogP contribution is 2.31. The first-order valence-electron chi connectivity index (χ1n) is 6.59. The number of aliphatic hydroxyl groups excluding tert-OH is 1. The molecule has 0 aliphatic heterocycles. The van der Waals surface area contributed by atoms with Gasteiger partial charge in [0.25, 0.3) is 0 Å². The van der Waals surface area contributed by atoms with Crippen LogP contribution < -0.4 is 9.47 Å². The summed E-state index contributed by atoms with van der Waals surface area (Å²) < 4.78 is 51.1. The van der Waals surface area contributed by atoms with Crippen LogP contribution in [0.5, 0.6) is 11.5 Å². The lowest BCUT2D eigenvalue weighted by molar-refractivity contribution is -0.179. The van der Waals surface area contributed by atoms with Crippen molar-refractivity contribution in [2.75, 3.05) is 26.4 Å². The fourth-order valence-electron chi connectivity index (χ4n) is 1.66. The van der Waals surface area contributed by atoms with Gasteiger partial charge in [-0.25, -0.2) is 0 Å². The summed E-state index contributed by atoms with van der Waals surface area (Å²) in [7, 11) is 0. The Morgan fingerprint density at radius 2 is 1.71 bits per heavy atom. The molecule has 21 heavy (non-hydrogen) atoms. The molecule has 1 rings (SSSR count). The smallest absolute Gasteiger partial charge is 0.411 e. The van der Waals surface area contributed by atoms with Crippen LogP contribution in [0.2, 0.25) is 0 Å². The van der Waals surface area contributed by atoms with E-state index in [2.05, 4.69) is 4.74 Å². The Hall–Kier alpha value is -1.47. The van der Waals surface area contributed by atoms with E-state index in [1.54, 1.807) is 19.1 Å². The number of hydrogen-bond donors (Lipinski definition) is 1. The van der Waals surface area contributed by atoms with Gasteiger partial charge in [-0.15, -0.1) is 0 Å². The number of benzene rings is 1. The Kier molecular flexibility index (Phi) is 6.77. The molecule has 1 aromatic carbocycles. The quantitative estimate of drug-likeness (QED) is 0.801. The summed E-state index contributed by atoms with van der Waals surface area (Å²) in [5.41, 5.74) is 0.407. The maximum absolute atomic E-state index is 12.0. The summed E-state index contributed by atoms with van der Waals surface area (Å²) in [5, 5.41) is 9.84. The van der Waals surface area contributed by atoms with E-state index in [9.17, 15) is 18.3 Å². The minimum Gasteiger partial charge on any atom is -0.490 e. The summed E-state index contributed by atoms with van der Waals surface area (Å²) in [5.74, 6) is 0.957. The molecule has 1 N–H and O–H groups in total. The minimum atomic E-state index is -4.41. The van der Waals surface area contributed by atoms with Gasteiger partial charge in [-0.05, 0) is 31.5 Å². The largest absolute Gasteiger partial charge is 0.490 e. The second-order valence-corrected chi connectivity index (χ2v) is 4.22. The molecular weight excluding hydrogens is 289 g/mol. The van der Waals surface area contributed by atoms with Gasteiger partial charge in [0.1, 0.15) is 12.7 Å². The van der Waals surface area contributed by atoms with Gasteiger partial charge in [0.05, 0.1) is 19.8 Å². The number of aliphatic hydroxyl groups is 1. The predicted molar refractivity (Wildman–Crippen MR) is 70.6 cm³/mol. The van der Waals surface area contributed by atoms with Crippen molar-refractivity contribution in [1.82, 2.24) is 0 Å². The third kappa shape index (κ3) is 6.22. The maximum Gasteiger partial charge on any atom is 0.411 e. The van der Waals surface area contributed by atoms with Crippen molar-refractivity contribution in [3.8, 4) is 11.5 Å². The van der Waals surface area contributed by atoms with E-state index in [4.69, 9.17) is 9.47 Å². The van der Waals surface area contributed by atoms with Crippen LogP contribution in [-0.2, 0) is 4.74 Å². The molecule has 0 fully saturated rings. The molecule has 1 aromatic rings. The minimum absolute atomic E-state index is 0.407. The molecule has 0 bridgehead atoms. The Bertz CT molecular complexity index is 435. The molecule has 0 amide bonds. The molecule has 4 nitrogen and oxygen atoms in total. The number of hydrogen-bond acceptors (Lipinski definition) is 4. The van der Waals surface area contributed by atoms with E-state index in [1.807, 2.05) is 6.92 Å². The van der Waals surface area contributed by atoms with Crippen molar-refractivity contribution in [1.29, 1.82) is 0 Å². The molecule has 0 heterocycles. The summed E-state index contributed by atoms with van der Waals surface area (Å²) in [6.07, 6.45) is -5.57. The Balaban J connectivity index is 2.71. The van der Waals surface area contributed by atoms with Gasteiger partial charge in [-0.3, -0.25) is 0 Å². The lowest BCUT2D eigenvalue weighted by atomic mass is 10.1. The van der Waals surface area contributed by atoms with Gasteiger partial charge in [-0.2, -0.15) is 13.2 Å². The molecule has 0 saturated heterocycles. The van der Waals surface area contributed by atoms with Crippen LogP contribution in [0, 0.1) is 0 Å². The SMILES string of the molecule is CCOc1ccc(C(O)COCC(F)(F)F)cc1OCC. The number of halogens is 3. The fraction of sp³-hybridized carbons (Fsp3) is 0.571. The zero-order chi connectivity index (χ0) is 15.9. The van der Waals surface area contributed by atoms with Crippen LogP contribution >= 0.6 is 0 Å². The predicted octanol–water partition coefficient (Wildman–Crippen LogP) is 3.10. The Labute approximate surface area is 121 Å². The Morgan fingerprint density at radius 1 is 1.10 bits per heavy atom. The Morgan fingerprint density at radius 3 is 2.29 bits per heavy atom. The third-order valence-electron chi connectivity index (χ3n) is 2.49. The first-order valence-corrected chi connectivity index (χ1v) is 6.59. The highest BCUT2D eigenvalue weighted by atomic mass is 19.4. The monoisotopic (exact) mass is 308 g/mol. The van der Waals surface area contributed by atoms with Crippen LogP contribution in [0.1, 0.15) is 25.5 Å². The van der Waals surface area contributed by atoms with Gasteiger partial charge < -0.3 is 19.3 Å². The van der Waals surface area contributed by atoms with Gasteiger partial charge >= 0.3 is 6.18 Å². The average molecular weight is 308 g/mol. The molecule has 7 heteroatoms. The van der Waals surface area contributed by atoms with Crippen molar-refractivity contribution >= 4 is 0 Å². The van der Waals surface area contributed by atoms with Crippen LogP contribution in [0.4, 0.5) is 13.2 Å². The summed E-state index contributed by atoms with van der Waals surface area (Å²) in [6, 6.07) is 4.71. The molecule has 0 aliphatic rings. The van der Waals surface area contributed by atoms with Crippen LogP contribution in [0.25, 0.3) is 0 Å². The molecule has 120 valence electrons. The maximum atomic E-state index is 12.0. The van der Waals surface area contributed by atoms with E-state index in [0.29, 0.717) is 30.3 Å². The van der Waals surface area contributed by atoms with Gasteiger partial charge in [0.15, 0.2) is 11.5 Å². The lowest BCUT2D eigenvalue weighted by Gasteiger charge is -2.16. The highest BCUT2D eigenvalue weighted by Gasteiger charge is 2.28. The first kappa shape index (κ1) is 17.6. The molecule has 0 aliphatic carbocycles. The summed E-state index contributed by atoms with van der Waals surface area (Å²) in [4.78, 5) is 0. The standard InChI is InChI=1S/C14H19F3O4/c1-3-20-12-6-5-10(7-13(12)21-4-2)11(18)8-19-9-14(15,16)17/h5-7,11,18H,3-4,8-9H2,1-2H3. The molecule has 0 saturated carbocycles. The molecule has 1 atom stereocenters. The topological polar surface area (TPSA) is 47.9 Å². The van der Waals surface area contributed by atoms with Crippen molar-refractivity contribution in [3.63, 3.8) is 0 Å². The molecule has 0 spiro atoms. The molecule has 1 unspecified atom stereocenters. The van der Waals surface area contributed by atoms with Gasteiger partial charge in [0, 0.05) is 0 Å². The summed E-state index contributed by atoms with van der Waals surface area (Å²) in [6.45, 7) is 2.65. The zero-order valence-electron chi connectivity index (χ0n) is 11.9. The number of rotatable bonds is 8. The van der Waals surface area contributed by atoms with Crippen molar-refractivity contribution in [2.45, 2.75) is 26.1 Å².